The van der Waals surface area contributed by atoms with Gasteiger partial charge in [0.05, 0.1) is 11.0 Å². The lowest BCUT2D eigenvalue weighted by Crippen LogP contribution is -2.06. The largest absolute Gasteiger partial charge is 0.309 e. The van der Waals surface area contributed by atoms with Gasteiger partial charge in [0.25, 0.3) is 0 Å². The molecular formula is C33H25NO. The Balaban J connectivity index is 1.52. The van der Waals surface area contributed by atoms with E-state index in [1.807, 2.05) is 50.2 Å². The summed E-state index contributed by atoms with van der Waals surface area (Å²) < 4.78 is 2.32. The van der Waals surface area contributed by atoms with E-state index < -0.39 is 0 Å². The Bertz CT molecular complexity index is 1720. The standard InChI is InChI=1S/C33H25NO/c1-22-10-6-7-13-27(22)33(35)29-20-24(17-16-23(29)2)25-18-19-32-30(21-25)28-14-8-9-15-31(28)34(32)26-11-4-3-5-12-26/h3-21H,1-2H3. The number of hydrogen-bond donors (Lipinski definition) is 0. The maximum Gasteiger partial charge on any atom is 0.193 e. The molecule has 0 atom stereocenters. The average Bonchev–Trinajstić information content (AvgIpc) is 3.23. The Morgan fingerprint density at radius 2 is 1.17 bits per heavy atom. The number of para-hydroxylation sites is 2. The molecule has 1 heterocycles. The predicted molar refractivity (Wildman–Crippen MR) is 146 cm³/mol. The number of carbonyl (C=O) groups excluding carboxylic acids is 1. The zero-order chi connectivity index (χ0) is 23.9. The van der Waals surface area contributed by atoms with E-state index in [0.29, 0.717) is 0 Å². The maximum absolute atomic E-state index is 13.4. The van der Waals surface area contributed by atoms with E-state index in [1.165, 1.54) is 21.8 Å². The van der Waals surface area contributed by atoms with Gasteiger partial charge in [0.2, 0.25) is 0 Å². The highest BCUT2D eigenvalue weighted by molar-refractivity contribution is 6.12. The Morgan fingerprint density at radius 3 is 2.00 bits per heavy atom. The summed E-state index contributed by atoms with van der Waals surface area (Å²) in [5, 5.41) is 2.42. The van der Waals surface area contributed by atoms with Crippen LogP contribution >= 0.6 is 0 Å². The van der Waals surface area contributed by atoms with E-state index in [-0.39, 0.29) is 5.78 Å². The van der Waals surface area contributed by atoms with E-state index >= 15 is 0 Å². The van der Waals surface area contributed by atoms with Crippen LogP contribution in [-0.2, 0) is 0 Å². The maximum atomic E-state index is 13.4. The fraction of sp³-hybridized carbons (Fsp3) is 0.0606. The number of fused-ring (bicyclic) bond motifs is 3. The predicted octanol–water partition coefficient (Wildman–Crippen LogP) is 8.30. The van der Waals surface area contributed by atoms with Crippen molar-refractivity contribution in [3.05, 3.63) is 138 Å². The van der Waals surface area contributed by atoms with Crippen molar-refractivity contribution < 1.29 is 4.79 Å². The van der Waals surface area contributed by atoms with Gasteiger partial charge in [-0.3, -0.25) is 4.79 Å². The van der Waals surface area contributed by atoms with Crippen molar-refractivity contribution >= 4 is 27.6 Å². The molecule has 35 heavy (non-hydrogen) atoms. The second-order valence-corrected chi connectivity index (χ2v) is 9.09. The number of nitrogens with zero attached hydrogens (tertiary/aromatic N) is 1. The number of carbonyl (C=O) groups is 1. The molecule has 0 fully saturated rings. The molecule has 0 bridgehead atoms. The van der Waals surface area contributed by atoms with Crippen molar-refractivity contribution in [2.24, 2.45) is 0 Å². The summed E-state index contributed by atoms with van der Waals surface area (Å²) in [7, 11) is 0. The second kappa shape index (κ2) is 8.41. The van der Waals surface area contributed by atoms with Crippen LogP contribution < -0.4 is 0 Å². The first-order valence-corrected chi connectivity index (χ1v) is 11.9. The summed E-state index contributed by atoms with van der Waals surface area (Å²) in [5.74, 6) is 0.0733. The van der Waals surface area contributed by atoms with Crippen LogP contribution in [0.1, 0.15) is 27.0 Å². The third-order valence-corrected chi connectivity index (χ3v) is 6.89. The van der Waals surface area contributed by atoms with Gasteiger partial charge >= 0.3 is 0 Å². The van der Waals surface area contributed by atoms with Crippen molar-refractivity contribution in [2.75, 3.05) is 0 Å². The lowest BCUT2D eigenvalue weighted by atomic mass is 9.92. The van der Waals surface area contributed by atoms with Crippen LogP contribution in [0.4, 0.5) is 0 Å². The summed E-state index contributed by atoms with van der Waals surface area (Å²) in [5.41, 5.74) is 9.15. The molecule has 6 rings (SSSR count). The third-order valence-electron chi connectivity index (χ3n) is 6.89. The fourth-order valence-electron chi connectivity index (χ4n) is 5.03. The number of rotatable bonds is 4. The van der Waals surface area contributed by atoms with Gasteiger partial charge in [0, 0.05) is 27.6 Å². The van der Waals surface area contributed by atoms with Crippen LogP contribution in [-0.4, -0.2) is 10.4 Å². The fourth-order valence-corrected chi connectivity index (χ4v) is 5.03. The highest BCUT2D eigenvalue weighted by Crippen LogP contribution is 2.35. The van der Waals surface area contributed by atoms with Crippen molar-refractivity contribution in [2.45, 2.75) is 13.8 Å². The Labute approximate surface area is 205 Å². The van der Waals surface area contributed by atoms with E-state index in [1.54, 1.807) is 0 Å². The lowest BCUT2D eigenvalue weighted by Gasteiger charge is -2.11. The van der Waals surface area contributed by atoms with Gasteiger partial charge in [-0.1, -0.05) is 78.9 Å². The Morgan fingerprint density at radius 1 is 0.543 bits per heavy atom. The first-order chi connectivity index (χ1) is 17.1. The number of aromatic nitrogens is 1. The van der Waals surface area contributed by atoms with Gasteiger partial charge in [0.1, 0.15) is 0 Å². The lowest BCUT2D eigenvalue weighted by molar-refractivity contribution is 0.103. The van der Waals surface area contributed by atoms with E-state index in [4.69, 9.17) is 0 Å². The van der Waals surface area contributed by atoms with Gasteiger partial charge in [-0.25, -0.2) is 0 Å². The SMILES string of the molecule is Cc1ccccc1C(=O)c1cc(-c2ccc3c(c2)c2ccccc2n3-c2ccccc2)ccc1C. The molecule has 0 saturated carbocycles. The summed E-state index contributed by atoms with van der Waals surface area (Å²) in [6.45, 7) is 3.99. The zero-order valence-corrected chi connectivity index (χ0v) is 19.8. The number of hydrogen-bond acceptors (Lipinski definition) is 1. The monoisotopic (exact) mass is 451 g/mol. The number of ketones is 1. The van der Waals surface area contributed by atoms with Gasteiger partial charge in [-0.05, 0) is 72.5 Å². The highest BCUT2D eigenvalue weighted by atomic mass is 16.1. The molecule has 0 amide bonds. The summed E-state index contributed by atoms with van der Waals surface area (Å²) in [6.07, 6.45) is 0. The quantitative estimate of drug-likeness (QED) is 0.247. The molecule has 2 nitrogen and oxygen atoms in total. The van der Waals surface area contributed by atoms with Crippen LogP contribution in [0, 0.1) is 13.8 Å². The minimum Gasteiger partial charge on any atom is -0.309 e. The van der Waals surface area contributed by atoms with Gasteiger partial charge in [0.15, 0.2) is 5.78 Å². The van der Waals surface area contributed by atoms with Crippen molar-refractivity contribution in [1.82, 2.24) is 4.57 Å². The van der Waals surface area contributed by atoms with E-state index in [2.05, 4.69) is 83.4 Å². The zero-order valence-electron chi connectivity index (χ0n) is 19.8. The van der Waals surface area contributed by atoms with Crippen LogP contribution in [0.15, 0.2) is 115 Å². The average molecular weight is 452 g/mol. The van der Waals surface area contributed by atoms with Crippen molar-refractivity contribution in [1.29, 1.82) is 0 Å². The van der Waals surface area contributed by atoms with Crippen LogP contribution in [0.3, 0.4) is 0 Å². The second-order valence-electron chi connectivity index (χ2n) is 9.09. The first kappa shape index (κ1) is 21.1. The van der Waals surface area contributed by atoms with Crippen molar-refractivity contribution in [3.8, 4) is 16.8 Å². The molecule has 0 radical (unpaired) electrons. The molecule has 0 N–H and O–H groups in total. The first-order valence-electron chi connectivity index (χ1n) is 11.9. The summed E-state index contributed by atoms with van der Waals surface area (Å²) in [6, 6.07) is 39.6. The molecular weight excluding hydrogens is 426 g/mol. The van der Waals surface area contributed by atoms with E-state index in [9.17, 15) is 4.79 Å². The molecule has 0 spiro atoms. The van der Waals surface area contributed by atoms with Crippen molar-refractivity contribution in [3.63, 3.8) is 0 Å². The minimum atomic E-state index is 0.0733. The number of benzene rings is 5. The molecule has 168 valence electrons. The normalized spacial score (nSPS) is 11.3. The highest BCUT2D eigenvalue weighted by Gasteiger charge is 2.16. The Hall–Kier alpha value is -4.43. The molecule has 0 aliphatic heterocycles. The smallest absolute Gasteiger partial charge is 0.193 e. The summed E-state index contributed by atoms with van der Waals surface area (Å²) in [4.78, 5) is 13.4. The van der Waals surface area contributed by atoms with Gasteiger partial charge < -0.3 is 4.57 Å². The topological polar surface area (TPSA) is 22.0 Å². The van der Waals surface area contributed by atoms with Crippen LogP contribution in [0.5, 0.6) is 0 Å². The molecule has 0 aliphatic carbocycles. The molecule has 6 aromatic rings. The van der Waals surface area contributed by atoms with Gasteiger partial charge in [-0.15, -0.1) is 0 Å². The van der Waals surface area contributed by atoms with Crippen LogP contribution in [0.25, 0.3) is 38.6 Å². The van der Waals surface area contributed by atoms with Crippen LogP contribution in [0.2, 0.25) is 0 Å². The molecule has 0 unspecified atom stereocenters. The molecule has 0 saturated heterocycles. The Kier molecular flexibility index (Phi) is 5.08. The summed E-state index contributed by atoms with van der Waals surface area (Å²) >= 11 is 0. The van der Waals surface area contributed by atoms with E-state index in [0.717, 1.165) is 39.1 Å². The molecule has 0 aliphatic rings. The number of aryl methyl sites for hydroxylation is 2. The molecule has 5 aromatic carbocycles. The third kappa shape index (κ3) is 3.55. The minimum absolute atomic E-state index is 0.0733. The molecule has 2 heteroatoms. The van der Waals surface area contributed by atoms with Gasteiger partial charge in [-0.2, -0.15) is 0 Å². The molecule has 1 aromatic heterocycles.